The molecule has 1 N–H and O–H groups in total. The fourth-order valence-corrected chi connectivity index (χ4v) is 3.34. The van der Waals surface area contributed by atoms with Gasteiger partial charge in [-0.3, -0.25) is 4.79 Å². The van der Waals surface area contributed by atoms with E-state index in [0.29, 0.717) is 29.2 Å². The van der Waals surface area contributed by atoms with E-state index in [2.05, 4.69) is 24.1 Å². The highest BCUT2D eigenvalue weighted by Crippen LogP contribution is 2.29. The monoisotopic (exact) mass is 354 g/mol. The first-order valence-electron chi connectivity index (χ1n) is 9.23. The molecular weight excluding hydrogens is 328 g/mol. The molecule has 138 valence electrons. The van der Waals surface area contributed by atoms with Crippen LogP contribution in [0.3, 0.4) is 0 Å². The first-order valence-corrected chi connectivity index (χ1v) is 9.23. The fraction of sp³-hybridized carbons (Fsp3) is 0.429. The molecule has 1 aromatic heterocycles. The predicted octanol–water partition coefficient (Wildman–Crippen LogP) is 4.19. The van der Waals surface area contributed by atoms with Gasteiger partial charge >= 0.3 is 0 Å². The third-order valence-corrected chi connectivity index (χ3v) is 5.09. The molecule has 0 bridgehead atoms. The molecule has 0 aliphatic heterocycles. The highest BCUT2D eigenvalue weighted by molar-refractivity contribution is 5.77. The van der Waals surface area contributed by atoms with Crippen molar-refractivity contribution in [3.63, 3.8) is 0 Å². The van der Waals surface area contributed by atoms with E-state index in [1.165, 1.54) is 12.8 Å². The van der Waals surface area contributed by atoms with Gasteiger partial charge < -0.3 is 14.8 Å². The number of aromatic nitrogens is 1. The summed E-state index contributed by atoms with van der Waals surface area (Å²) < 4.78 is 11.3. The smallest absolute Gasteiger partial charge is 0.258 e. The van der Waals surface area contributed by atoms with Gasteiger partial charge in [-0.05, 0) is 36.5 Å². The van der Waals surface area contributed by atoms with Crippen molar-refractivity contribution in [3.8, 4) is 17.4 Å². The number of hydrogen-bond donors (Lipinski definition) is 1. The Bertz CT molecular complexity index is 720. The zero-order chi connectivity index (χ0) is 18.4. The minimum Gasteiger partial charge on any atom is -0.484 e. The Morgan fingerprint density at radius 2 is 2.00 bits per heavy atom. The molecule has 1 aromatic carbocycles. The van der Waals surface area contributed by atoms with Gasteiger partial charge in [-0.25, -0.2) is 4.98 Å². The average molecular weight is 354 g/mol. The van der Waals surface area contributed by atoms with Crippen LogP contribution in [0.15, 0.2) is 48.7 Å². The molecule has 3 rings (SSSR count). The van der Waals surface area contributed by atoms with Crippen molar-refractivity contribution in [2.75, 3.05) is 6.61 Å². The van der Waals surface area contributed by atoms with Crippen molar-refractivity contribution >= 4 is 5.91 Å². The SMILES string of the molecule is C[C@H]1[C@H](C)CCC[C@H]1NC(=O)COc1cccc(Oc2ccccn2)c1. The van der Waals surface area contributed by atoms with Crippen molar-refractivity contribution in [2.24, 2.45) is 11.8 Å². The topological polar surface area (TPSA) is 60.5 Å². The molecule has 1 amide bonds. The maximum atomic E-state index is 12.2. The molecule has 1 aliphatic carbocycles. The number of benzene rings is 1. The van der Waals surface area contributed by atoms with Crippen LogP contribution in [0, 0.1) is 11.8 Å². The molecule has 0 spiro atoms. The van der Waals surface area contributed by atoms with Gasteiger partial charge in [-0.15, -0.1) is 0 Å². The number of nitrogens with one attached hydrogen (secondary N) is 1. The standard InChI is InChI=1S/C21H26N2O3/c1-15-7-5-10-19(16(15)2)23-20(24)14-25-17-8-6-9-18(13-17)26-21-11-3-4-12-22-21/h3-4,6,8-9,11-13,15-16,19H,5,7,10,14H2,1-2H3,(H,23,24)/t15-,16+,19-/m1/s1. The number of rotatable bonds is 6. The normalized spacial score (nSPS) is 22.5. The second kappa shape index (κ2) is 8.70. The van der Waals surface area contributed by atoms with Crippen LogP contribution in [0.25, 0.3) is 0 Å². The zero-order valence-corrected chi connectivity index (χ0v) is 15.4. The number of ether oxygens (including phenoxy) is 2. The van der Waals surface area contributed by atoms with Crippen molar-refractivity contribution in [2.45, 2.75) is 39.2 Å². The second-order valence-electron chi connectivity index (χ2n) is 6.97. The third kappa shape index (κ3) is 4.97. The number of hydrogen-bond acceptors (Lipinski definition) is 4. The quantitative estimate of drug-likeness (QED) is 0.845. The molecule has 1 aliphatic rings. The summed E-state index contributed by atoms with van der Waals surface area (Å²) in [4.78, 5) is 16.4. The highest BCUT2D eigenvalue weighted by atomic mass is 16.5. The minimum absolute atomic E-state index is 0.00460. The minimum atomic E-state index is -0.0769. The first-order chi connectivity index (χ1) is 12.6. The van der Waals surface area contributed by atoms with Crippen LogP contribution in [0.2, 0.25) is 0 Å². The van der Waals surface area contributed by atoms with E-state index in [1.807, 2.05) is 30.3 Å². The van der Waals surface area contributed by atoms with Crippen LogP contribution < -0.4 is 14.8 Å². The van der Waals surface area contributed by atoms with Crippen molar-refractivity contribution in [1.82, 2.24) is 10.3 Å². The van der Waals surface area contributed by atoms with Crippen molar-refractivity contribution in [3.05, 3.63) is 48.7 Å². The van der Waals surface area contributed by atoms with E-state index in [-0.39, 0.29) is 18.6 Å². The molecule has 2 aromatic rings. The molecule has 3 atom stereocenters. The Balaban J connectivity index is 1.51. The van der Waals surface area contributed by atoms with Crippen LogP contribution >= 0.6 is 0 Å². The van der Waals surface area contributed by atoms with Crippen LogP contribution in [0.4, 0.5) is 0 Å². The number of amides is 1. The van der Waals surface area contributed by atoms with Crippen LogP contribution in [0.5, 0.6) is 17.4 Å². The molecule has 0 saturated heterocycles. The van der Waals surface area contributed by atoms with Gasteiger partial charge in [0.25, 0.3) is 5.91 Å². The van der Waals surface area contributed by atoms with E-state index in [9.17, 15) is 4.79 Å². The Morgan fingerprint density at radius 3 is 2.81 bits per heavy atom. The Hall–Kier alpha value is -2.56. The largest absolute Gasteiger partial charge is 0.484 e. The molecule has 26 heavy (non-hydrogen) atoms. The summed E-state index contributed by atoms with van der Waals surface area (Å²) in [5.74, 6) is 2.81. The van der Waals surface area contributed by atoms with E-state index >= 15 is 0 Å². The third-order valence-electron chi connectivity index (χ3n) is 5.09. The summed E-state index contributed by atoms with van der Waals surface area (Å²) in [6.07, 6.45) is 5.13. The van der Waals surface area contributed by atoms with Crippen LogP contribution in [0.1, 0.15) is 33.1 Å². The van der Waals surface area contributed by atoms with Crippen LogP contribution in [-0.4, -0.2) is 23.5 Å². The predicted molar refractivity (Wildman–Crippen MR) is 100 cm³/mol. The lowest BCUT2D eigenvalue weighted by atomic mass is 9.78. The Labute approximate surface area is 154 Å². The maximum absolute atomic E-state index is 12.2. The lowest BCUT2D eigenvalue weighted by Crippen LogP contribution is -2.45. The summed E-state index contributed by atoms with van der Waals surface area (Å²) in [5, 5.41) is 3.12. The molecule has 0 radical (unpaired) electrons. The van der Waals surface area contributed by atoms with E-state index in [1.54, 1.807) is 18.3 Å². The van der Waals surface area contributed by atoms with Gasteiger partial charge in [0.05, 0.1) is 0 Å². The van der Waals surface area contributed by atoms with E-state index in [4.69, 9.17) is 9.47 Å². The number of pyridine rings is 1. The zero-order valence-electron chi connectivity index (χ0n) is 15.4. The molecule has 1 fully saturated rings. The molecule has 1 heterocycles. The van der Waals surface area contributed by atoms with Gasteiger partial charge in [-0.1, -0.05) is 38.8 Å². The van der Waals surface area contributed by atoms with Gasteiger partial charge in [0.2, 0.25) is 5.88 Å². The maximum Gasteiger partial charge on any atom is 0.258 e. The lowest BCUT2D eigenvalue weighted by Gasteiger charge is -2.34. The highest BCUT2D eigenvalue weighted by Gasteiger charge is 2.28. The van der Waals surface area contributed by atoms with Crippen molar-refractivity contribution < 1.29 is 14.3 Å². The van der Waals surface area contributed by atoms with Gasteiger partial charge in [-0.2, -0.15) is 0 Å². The molecule has 1 saturated carbocycles. The van der Waals surface area contributed by atoms with Gasteiger partial charge in [0.1, 0.15) is 11.5 Å². The molecule has 5 nitrogen and oxygen atoms in total. The Kier molecular flexibility index (Phi) is 6.10. The molecular formula is C21H26N2O3. The summed E-state index contributed by atoms with van der Waals surface area (Å²) in [6.45, 7) is 4.48. The molecule has 5 heteroatoms. The summed E-state index contributed by atoms with van der Waals surface area (Å²) in [7, 11) is 0. The van der Waals surface area contributed by atoms with Crippen molar-refractivity contribution in [1.29, 1.82) is 0 Å². The van der Waals surface area contributed by atoms with E-state index < -0.39 is 0 Å². The summed E-state index contributed by atoms with van der Waals surface area (Å²) in [6, 6.07) is 12.9. The summed E-state index contributed by atoms with van der Waals surface area (Å²) in [5.41, 5.74) is 0. The Morgan fingerprint density at radius 1 is 1.15 bits per heavy atom. The van der Waals surface area contributed by atoms with Gasteiger partial charge in [0, 0.05) is 24.4 Å². The lowest BCUT2D eigenvalue weighted by molar-refractivity contribution is -0.124. The molecule has 0 unspecified atom stereocenters. The van der Waals surface area contributed by atoms with Crippen LogP contribution in [-0.2, 0) is 4.79 Å². The number of carbonyl (C=O) groups is 1. The average Bonchev–Trinajstić information content (AvgIpc) is 2.65. The van der Waals surface area contributed by atoms with Gasteiger partial charge in [0.15, 0.2) is 6.61 Å². The number of carbonyl (C=O) groups excluding carboxylic acids is 1. The fourth-order valence-electron chi connectivity index (χ4n) is 3.34. The van der Waals surface area contributed by atoms with E-state index in [0.717, 1.165) is 6.42 Å². The summed E-state index contributed by atoms with van der Waals surface area (Å²) >= 11 is 0. The first kappa shape index (κ1) is 18.2. The second-order valence-corrected chi connectivity index (χ2v) is 6.97. The number of nitrogens with zero attached hydrogens (tertiary/aromatic N) is 1.